The standard InChI is InChI=1S/C17H36N2/c1-15(2)7-5-6-10-19-11-8-17(9-12-19)14-18-13-16(3)4/h15-18H,5-14H2,1-4H3. The van der Waals surface area contributed by atoms with Crippen LogP contribution >= 0.6 is 0 Å². The molecule has 1 N–H and O–H groups in total. The summed E-state index contributed by atoms with van der Waals surface area (Å²) in [6, 6.07) is 0. The van der Waals surface area contributed by atoms with Crippen LogP contribution in [-0.4, -0.2) is 37.6 Å². The van der Waals surface area contributed by atoms with E-state index in [1.54, 1.807) is 0 Å². The Kier molecular flexibility index (Phi) is 8.72. The number of piperidine rings is 1. The van der Waals surface area contributed by atoms with Gasteiger partial charge in [0.2, 0.25) is 0 Å². The summed E-state index contributed by atoms with van der Waals surface area (Å²) >= 11 is 0. The molecule has 2 nitrogen and oxygen atoms in total. The fourth-order valence-electron chi connectivity index (χ4n) is 2.88. The quantitative estimate of drug-likeness (QED) is 0.640. The minimum Gasteiger partial charge on any atom is -0.316 e. The first kappa shape index (κ1) is 17.0. The van der Waals surface area contributed by atoms with Gasteiger partial charge in [-0.05, 0) is 69.7 Å². The van der Waals surface area contributed by atoms with Crippen molar-refractivity contribution in [2.45, 2.75) is 59.8 Å². The van der Waals surface area contributed by atoms with Gasteiger partial charge in [-0.25, -0.2) is 0 Å². The highest BCUT2D eigenvalue weighted by Crippen LogP contribution is 2.17. The molecule has 0 aromatic rings. The topological polar surface area (TPSA) is 15.3 Å². The molecule has 0 aromatic carbocycles. The molecule has 0 atom stereocenters. The maximum Gasteiger partial charge on any atom is -0.00156 e. The van der Waals surface area contributed by atoms with Crippen molar-refractivity contribution in [3.63, 3.8) is 0 Å². The van der Waals surface area contributed by atoms with Crippen LogP contribution in [0.5, 0.6) is 0 Å². The highest BCUT2D eigenvalue weighted by atomic mass is 15.1. The summed E-state index contributed by atoms with van der Waals surface area (Å²) in [5.41, 5.74) is 0. The Morgan fingerprint density at radius 1 is 1.00 bits per heavy atom. The van der Waals surface area contributed by atoms with E-state index in [-0.39, 0.29) is 0 Å². The molecular formula is C17H36N2. The van der Waals surface area contributed by atoms with Crippen molar-refractivity contribution in [1.82, 2.24) is 10.2 Å². The van der Waals surface area contributed by atoms with Crippen LogP contribution in [0, 0.1) is 17.8 Å². The normalized spacial score (nSPS) is 18.6. The Bertz CT molecular complexity index is 205. The van der Waals surface area contributed by atoms with Gasteiger partial charge < -0.3 is 10.2 Å². The molecule has 1 saturated heterocycles. The summed E-state index contributed by atoms with van der Waals surface area (Å²) in [6.45, 7) is 15.6. The van der Waals surface area contributed by atoms with Crippen LogP contribution in [0.15, 0.2) is 0 Å². The number of hydrogen-bond acceptors (Lipinski definition) is 2. The molecule has 0 saturated carbocycles. The molecular weight excluding hydrogens is 232 g/mol. The van der Waals surface area contributed by atoms with Crippen molar-refractivity contribution >= 4 is 0 Å². The van der Waals surface area contributed by atoms with Crippen LogP contribution < -0.4 is 5.32 Å². The molecule has 1 rings (SSSR count). The third kappa shape index (κ3) is 8.65. The first-order valence-corrected chi connectivity index (χ1v) is 8.51. The number of likely N-dealkylation sites (tertiary alicyclic amines) is 1. The number of nitrogens with one attached hydrogen (secondary N) is 1. The third-order valence-electron chi connectivity index (χ3n) is 4.20. The van der Waals surface area contributed by atoms with Gasteiger partial charge in [0.1, 0.15) is 0 Å². The highest BCUT2D eigenvalue weighted by Gasteiger charge is 2.18. The highest BCUT2D eigenvalue weighted by molar-refractivity contribution is 4.74. The lowest BCUT2D eigenvalue weighted by Gasteiger charge is -2.32. The zero-order chi connectivity index (χ0) is 14.1. The van der Waals surface area contributed by atoms with E-state index in [4.69, 9.17) is 0 Å². The molecule has 1 aliphatic heterocycles. The van der Waals surface area contributed by atoms with Gasteiger partial charge >= 0.3 is 0 Å². The maximum absolute atomic E-state index is 3.62. The lowest BCUT2D eigenvalue weighted by molar-refractivity contribution is 0.178. The van der Waals surface area contributed by atoms with Crippen LogP contribution in [0.3, 0.4) is 0 Å². The predicted molar refractivity (Wildman–Crippen MR) is 85.6 cm³/mol. The maximum atomic E-state index is 3.62. The molecule has 1 aliphatic rings. The smallest absolute Gasteiger partial charge is 0.00156 e. The number of rotatable bonds is 9. The number of hydrogen-bond donors (Lipinski definition) is 1. The van der Waals surface area contributed by atoms with E-state index in [9.17, 15) is 0 Å². The van der Waals surface area contributed by atoms with E-state index in [2.05, 4.69) is 37.9 Å². The molecule has 0 aromatic heterocycles. The Balaban J connectivity index is 1.99. The second-order valence-corrected chi connectivity index (χ2v) is 7.23. The molecule has 0 spiro atoms. The van der Waals surface area contributed by atoms with Gasteiger partial charge in [-0.15, -0.1) is 0 Å². The second-order valence-electron chi connectivity index (χ2n) is 7.23. The van der Waals surface area contributed by atoms with Gasteiger partial charge in [-0.2, -0.15) is 0 Å². The molecule has 0 bridgehead atoms. The first-order chi connectivity index (χ1) is 9.08. The Morgan fingerprint density at radius 2 is 1.68 bits per heavy atom. The summed E-state index contributed by atoms with van der Waals surface area (Å²) in [6.07, 6.45) is 7.00. The van der Waals surface area contributed by atoms with E-state index in [1.165, 1.54) is 64.8 Å². The molecule has 2 heteroatoms. The lowest BCUT2D eigenvalue weighted by Crippen LogP contribution is -2.38. The summed E-state index contributed by atoms with van der Waals surface area (Å²) in [7, 11) is 0. The van der Waals surface area contributed by atoms with Crippen LogP contribution in [0.25, 0.3) is 0 Å². The van der Waals surface area contributed by atoms with Crippen LogP contribution in [0.2, 0.25) is 0 Å². The van der Waals surface area contributed by atoms with Gasteiger partial charge in [-0.3, -0.25) is 0 Å². The molecule has 0 radical (unpaired) electrons. The Labute approximate surface area is 121 Å². The van der Waals surface area contributed by atoms with Crippen molar-refractivity contribution in [1.29, 1.82) is 0 Å². The summed E-state index contributed by atoms with van der Waals surface area (Å²) in [4.78, 5) is 2.68. The summed E-state index contributed by atoms with van der Waals surface area (Å²) in [5, 5.41) is 3.62. The van der Waals surface area contributed by atoms with Gasteiger partial charge in [0.25, 0.3) is 0 Å². The molecule has 114 valence electrons. The Hall–Kier alpha value is -0.0800. The van der Waals surface area contributed by atoms with Gasteiger partial charge in [0, 0.05) is 0 Å². The average molecular weight is 268 g/mol. The largest absolute Gasteiger partial charge is 0.316 e. The van der Waals surface area contributed by atoms with Crippen molar-refractivity contribution in [2.24, 2.45) is 17.8 Å². The average Bonchev–Trinajstić information content (AvgIpc) is 2.36. The minimum absolute atomic E-state index is 0.779. The van der Waals surface area contributed by atoms with Crippen LogP contribution in [-0.2, 0) is 0 Å². The van der Waals surface area contributed by atoms with E-state index < -0.39 is 0 Å². The van der Waals surface area contributed by atoms with Crippen molar-refractivity contribution in [3.8, 4) is 0 Å². The zero-order valence-corrected chi connectivity index (χ0v) is 13.8. The van der Waals surface area contributed by atoms with Crippen molar-refractivity contribution < 1.29 is 0 Å². The van der Waals surface area contributed by atoms with E-state index in [0.29, 0.717) is 0 Å². The van der Waals surface area contributed by atoms with Gasteiger partial charge in [0.05, 0.1) is 0 Å². The monoisotopic (exact) mass is 268 g/mol. The third-order valence-corrected chi connectivity index (χ3v) is 4.20. The number of nitrogens with zero attached hydrogens (tertiary/aromatic N) is 1. The summed E-state index contributed by atoms with van der Waals surface area (Å²) in [5.74, 6) is 2.57. The fourth-order valence-corrected chi connectivity index (χ4v) is 2.88. The second kappa shape index (κ2) is 9.77. The van der Waals surface area contributed by atoms with Gasteiger partial charge in [-0.1, -0.05) is 40.5 Å². The molecule has 1 fully saturated rings. The van der Waals surface area contributed by atoms with E-state index in [1.807, 2.05) is 0 Å². The molecule has 0 amide bonds. The van der Waals surface area contributed by atoms with Gasteiger partial charge in [0.15, 0.2) is 0 Å². The minimum atomic E-state index is 0.779. The summed E-state index contributed by atoms with van der Waals surface area (Å²) < 4.78 is 0. The van der Waals surface area contributed by atoms with Crippen LogP contribution in [0.4, 0.5) is 0 Å². The van der Waals surface area contributed by atoms with Crippen molar-refractivity contribution in [3.05, 3.63) is 0 Å². The van der Waals surface area contributed by atoms with Crippen LogP contribution in [0.1, 0.15) is 59.8 Å². The van der Waals surface area contributed by atoms with Crippen molar-refractivity contribution in [2.75, 3.05) is 32.7 Å². The zero-order valence-electron chi connectivity index (χ0n) is 13.8. The molecule has 0 unspecified atom stereocenters. The lowest BCUT2D eigenvalue weighted by atomic mass is 9.96. The van der Waals surface area contributed by atoms with E-state index >= 15 is 0 Å². The Morgan fingerprint density at radius 3 is 2.26 bits per heavy atom. The SMILES string of the molecule is CC(C)CCCCN1CCC(CNCC(C)C)CC1. The molecule has 19 heavy (non-hydrogen) atoms. The number of unbranched alkanes of at least 4 members (excludes halogenated alkanes) is 1. The van der Waals surface area contributed by atoms with E-state index in [0.717, 1.165) is 17.8 Å². The first-order valence-electron chi connectivity index (χ1n) is 8.51. The molecule has 1 heterocycles. The molecule has 0 aliphatic carbocycles. The predicted octanol–water partition coefficient (Wildman–Crippen LogP) is 3.77. The fraction of sp³-hybridized carbons (Fsp3) is 1.00.